The Bertz CT molecular complexity index is 868. The third-order valence-corrected chi connectivity index (χ3v) is 5.32. The van der Waals surface area contributed by atoms with Crippen LogP contribution in [-0.2, 0) is 22.4 Å². The number of ether oxygens (including phenoxy) is 1. The van der Waals surface area contributed by atoms with E-state index in [-0.39, 0.29) is 30.3 Å². The molecule has 27 heavy (non-hydrogen) atoms. The fourth-order valence-electron chi connectivity index (χ4n) is 3.79. The maximum absolute atomic E-state index is 12.5. The first-order chi connectivity index (χ1) is 13.0. The van der Waals surface area contributed by atoms with E-state index in [1.165, 1.54) is 0 Å². The highest BCUT2D eigenvalue weighted by molar-refractivity contribution is 5.80. The van der Waals surface area contributed by atoms with Crippen LogP contribution < -0.4 is 10.5 Å². The van der Waals surface area contributed by atoms with E-state index in [0.717, 1.165) is 23.3 Å². The fraction of sp³-hybridized carbons (Fsp3) is 0.450. The average Bonchev–Trinajstić information content (AvgIpc) is 3.26. The fourth-order valence-corrected chi connectivity index (χ4v) is 3.79. The van der Waals surface area contributed by atoms with Gasteiger partial charge in [-0.05, 0) is 43.5 Å². The molecular weight excluding hydrogens is 346 g/mol. The van der Waals surface area contributed by atoms with E-state index in [1.807, 2.05) is 25.1 Å². The Balaban J connectivity index is 1.39. The molecule has 2 aliphatic rings. The van der Waals surface area contributed by atoms with E-state index in [9.17, 15) is 9.59 Å². The van der Waals surface area contributed by atoms with E-state index >= 15 is 0 Å². The summed E-state index contributed by atoms with van der Waals surface area (Å²) in [6, 6.07) is 7.76. The van der Waals surface area contributed by atoms with E-state index < -0.39 is 0 Å². The number of likely N-dealkylation sites (tertiary alicyclic amines) is 1. The van der Waals surface area contributed by atoms with Gasteiger partial charge in [0.25, 0.3) is 0 Å². The van der Waals surface area contributed by atoms with Crippen LogP contribution in [0.4, 0.5) is 0 Å². The van der Waals surface area contributed by atoms with Crippen LogP contribution in [0, 0.1) is 5.92 Å². The number of nitrogens with two attached hydrogens (primary N) is 1. The molecule has 0 spiro atoms. The lowest BCUT2D eigenvalue weighted by Crippen LogP contribution is -2.42. The molecule has 1 atom stereocenters. The summed E-state index contributed by atoms with van der Waals surface area (Å²) in [6.45, 7) is 3.16. The summed E-state index contributed by atoms with van der Waals surface area (Å²) in [5, 5.41) is 4.05. The quantitative estimate of drug-likeness (QED) is 0.888. The van der Waals surface area contributed by atoms with Gasteiger partial charge in [-0.25, -0.2) is 0 Å². The second kappa shape index (κ2) is 7.06. The van der Waals surface area contributed by atoms with Crippen molar-refractivity contribution in [2.75, 3.05) is 13.1 Å². The molecular formula is C20H23N3O4. The minimum absolute atomic E-state index is 0.00560. The number of primary amides is 1. The van der Waals surface area contributed by atoms with Gasteiger partial charge in [0.2, 0.25) is 11.8 Å². The number of fused-ring (bicyclic) bond motifs is 1. The highest BCUT2D eigenvalue weighted by atomic mass is 16.5. The van der Waals surface area contributed by atoms with Crippen molar-refractivity contribution in [3.05, 3.63) is 35.5 Å². The predicted molar refractivity (Wildman–Crippen MR) is 97.9 cm³/mol. The molecule has 0 aliphatic carbocycles. The molecule has 1 aromatic carbocycles. The second-order valence-electron chi connectivity index (χ2n) is 7.37. The van der Waals surface area contributed by atoms with Gasteiger partial charge in [-0.1, -0.05) is 5.16 Å². The van der Waals surface area contributed by atoms with Crippen LogP contribution in [-0.4, -0.2) is 41.1 Å². The lowest BCUT2D eigenvalue weighted by Gasteiger charge is -2.30. The molecule has 2 N–H and O–H groups in total. The van der Waals surface area contributed by atoms with Gasteiger partial charge in [-0.15, -0.1) is 0 Å². The third-order valence-electron chi connectivity index (χ3n) is 5.32. The molecule has 3 heterocycles. The van der Waals surface area contributed by atoms with Gasteiger partial charge in [-0.3, -0.25) is 9.59 Å². The zero-order valence-corrected chi connectivity index (χ0v) is 15.3. The van der Waals surface area contributed by atoms with Gasteiger partial charge in [-0.2, -0.15) is 0 Å². The summed E-state index contributed by atoms with van der Waals surface area (Å²) in [7, 11) is 0. The Morgan fingerprint density at radius 1 is 1.26 bits per heavy atom. The molecule has 142 valence electrons. The summed E-state index contributed by atoms with van der Waals surface area (Å²) < 4.78 is 11.2. The van der Waals surface area contributed by atoms with Crippen LogP contribution in [0.2, 0.25) is 0 Å². The van der Waals surface area contributed by atoms with Crippen LogP contribution in [0.3, 0.4) is 0 Å². The summed E-state index contributed by atoms with van der Waals surface area (Å²) in [5.41, 5.74) is 8.04. The molecule has 7 nitrogen and oxygen atoms in total. The number of rotatable bonds is 4. The maximum Gasteiger partial charge on any atom is 0.228 e. The van der Waals surface area contributed by atoms with Crippen LogP contribution in [0.15, 0.2) is 28.8 Å². The highest BCUT2D eigenvalue weighted by Gasteiger charge is 2.26. The van der Waals surface area contributed by atoms with Crippen molar-refractivity contribution >= 4 is 11.8 Å². The molecule has 7 heteroatoms. The van der Waals surface area contributed by atoms with Gasteiger partial charge in [0, 0.05) is 37.1 Å². The molecule has 0 bridgehead atoms. The largest absolute Gasteiger partial charge is 0.490 e. The van der Waals surface area contributed by atoms with Crippen molar-refractivity contribution in [2.24, 2.45) is 11.7 Å². The number of nitrogens with zero attached hydrogens (tertiary/aromatic N) is 2. The lowest BCUT2D eigenvalue weighted by molar-refractivity contribution is -0.134. The second-order valence-corrected chi connectivity index (χ2v) is 7.37. The third kappa shape index (κ3) is 3.67. The Morgan fingerprint density at radius 3 is 2.78 bits per heavy atom. The maximum atomic E-state index is 12.5. The van der Waals surface area contributed by atoms with Gasteiger partial charge in [0.15, 0.2) is 5.76 Å². The van der Waals surface area contributed by atoms with Crippen molar-refractivity contribution in [3.8, 4) is 17.1 Å². The predicted octanol–water partition coefficient (Wildman–Crippen LogP) is 1.93. The molecule has 2 amide bonds. The number of benzene rings is 1. The van der Waals surface area contributed by atoms with E-state index in [2.05, 4.69) is 11.2 Å². The van der Waals surface area contributed by atoms with E-state index in [0.29, 0.717) is 37.4 Å². The van der Waals surface area contributed by atoms with Crippen molar-refractivity contribution in [1.82, 2.24) is 10.1 Å². The monoisotopic (exact) mass is 369 g/mol. The number of amides is 2. The Kier molecular flexibility index (Phi) is 4.59. The summed E-state index contributed by atoms with van der Waals surface area (Å²) in [5.74, 6) is 1.15. The first-order valence-corrected chi connectivity index (χ1v) is 9.32. The molecule has 0 unspecified atom stereocenters. The molecule has 2 aliphatic heterocycles. The lowest BCUT2D eigenvalue weighted by atomic mass is 9.96. The van der Waals surface area contributed by atoms with Crippen LogP contribution in [0.1, 0.15) is 31.0 Å². The summed E-state index contributed by atoms with van der Waals surface area (Å²) >= 11 is 0. The van der Waals surface area contributed by atoms with Crippen LogP contribution in [0.25, 0.3) is 11.3 Å². The molecule has 2 aromatic rings. The van der Waals surface area contributed by atoms with Crippen molar-refractivity contribution < 1.29 is 18.8 Å². The Morgan fingerprint density at radius 2 is 2.04 bits per heavy atom. The first-order valence-electron chi connectivity index (χ1n) is 9.32. The van der Waals surface area contributed by atoms with E-state index in [1.54, 1.807) is 4.90 Å². The molecule has 4 rings (SSSR count). The zero-order chi connectivity index (χ0) is 19.0. The van der Waals surface area contributed by atoms with Crippen molar-refractivity contribution in [3.63, 3.8) is 0 Å². The smallest absolute Gasteiger partial charge is 0.228 e. The molecule has 1 aromatic heterocycles. The van der Waals surface area contributed by atoms with Crippen molar-refractivity contribution in [1.29, 1.82) is 0 Å². The SMILES string of the molecule is C[C@@H]1Cc2cc(-c3cc(CC(=O)N4CCC(C(N)=O)CC4)no3)ccc2O1. The average molecular weight is 369 g/mol. The zero-order valence-electron chi connectivity index (χ0n) is 15.3. The number of hydrogen-bond acceptors (Lipinski definition) is 5. The van der Waals surface area contributed by atoms with Gasteiger partial charge < -0.3 is 19.9 Å². The van der Waals surface area contributed by atoms with Crippen LogP contribution in [0.5, 0.6) is 5.75 Å². The van der Waals surface area contributed by atoms with E-state index in [4.69, 9.17) is 15.0 Å². The van der Waals surface area contributed by atoms with Crippen molar-refractivity contribution in [2.45, 2.75) is 38.7 Å². The minimum atomic E-state index is -0.280. The summed E-state index contributed by atoms with van der Waals surface area (Å²) in [4.78, 5) is 25.5. The number of piperidine rings is 1. The number of carbonyl (C=O) groups excluding carboxylic acids is 2. The highest BCUT2D eigenvalue weighted by Crippen LogP contribution is 2.33. The molecule has 1 saturated heterocycles. The Labute approximate surface area is 157 Å². The standard InChI is InChI=1S/C20H23N3O4/c1-12-8-15-9-14(2-3-17(15)26-12)18-10-16(22-27-18)11-19(24)23-6-4-13(5-7-23)20(21)25/h2-3,9-10,12-13H,4-8,11H2,1H3,(H2,21,25)/t12-/m1/s1. The summed E-state index contributed by atoms with van der Waals surface area (Å²) in [6.07, 6.45) is 2.51. The van der Waals surface area contributed by atoms with Gasteiger partial charge in [0.05, 0.1) is 12.1 Å². The number of hydrogen-bond donors (Lipinski definition) is 1. The van der Waals surface area contributed by atoms with Crippen LogP contribution >= 0.6 is 0 Å². The molecule has 0 radical (unpaired) electrons. The van der Waals surface area contributed by atoms with Gasteiger partial charge in [0.1, 0.15) is 11.9 Å². The normalized spacial score (nSPS) is 19.6. The minimum Gasteiger partial charge on any atom is -0.490 e. The Hall–Kier alpha value is -2.83. The molecule has 0 saturated carbocycles. The number of carbonyl (C=O) groups is 2. The topological polar surface area (TPSA) is 98.7 Å². The van der Waals surface area contributed by atoms with Gasteiger partial charge >= 0.3 is 0 Å². The number of aromatic nitrogens is 1. The molecule has 1 fully saturated rings. The first kappa shape index (κ1) is 17.6.